The second-order valence-electron chi connectivity index (χ2n) is 6.13. The summed E-state index contributed by atoms with van der Waals surface area (Å²) >= 11 is 1.39. The normalized spacial score (nSPS) is 19.4. The molecule has 1 atom stereocenters. The fourth-order valence-electron chi connectivity index (χ4n) is 3.06. The number of carbonyl (C=O) groups is 1. The zero-order valence-electron chi connectivity index (χ0n) is 14.1. The predicted molar refractivity (Wildman–Crippen MR) is 98.5 cm³/mol. The monoisotopic (exact) mass is 377 g/mol. The molecule has 0 radical (unpaired) electrons. The lowest BCUT2D eigenvalue weighted by molar-refractivity contribution is -0.121. The van der Waals surface area contributed by atoms with Gasteiger partial charge >= 0.3 is 0 Å². The molecule has 1 aliphatic heterocycles. The zero-order valence-corrected chi connectivity index (χ0v) is 15.7. The minimum atomic E-state index is -3.42. The highest BCUT2D eigenvalue weighted by atomic mass is 32.2. The summed E-state index contributed by atoms with van der Waals surface area (Å²) in [6, 6.07) is 5.24. The van der Waals surface area contributed by atoms with Gasteiger partial charge in [0, 0.05) is 6.54 Å². The van der Waals surface area contributed by atoms with Crippen molar-refractivity contribution < 1.29 is 13.2 Å². The standard InChI is InChI=1S/C17H19N3O3S2/c1-4-9-19-13-8-7-12(2)11-15(13)24-17(19)18-16(21)14-6-5-10-20(14)25(3,22)23/h1,7-8,11,14H,5-6,9-10H2,2-3H3. The maximum absolute atomic E-state index is 12.6. The Kier molecular flexibility index (Phi) is 4.82. The summed E-state index contributed by atoms with van der Waals surface area (Å²) in [5.41, 5.74) is 2.03. The van der Waals surface area contributed by atoms with E-state index < -0.39 is 22.0 Å². The van der Waals surface area contributed by atoms with E-state index >= 15 is 0 Å². The van der Waals surface area contributed by atoms with E-state index in [0.717, 1.165) is 22.0 Å². The Bertz CT molecular complexity index is 1040. The van der Waals surface area contributed by atoms with Gasteiger partial charge in [-0.1, -0.05) is 23.3 Å². The van der Waals surface area contributed by atoms with Crippen molar-refractivity contribution in [3.63, 3.8) is 0 Å². The van der Waals surface area contributed by atoms with Crippen molar-refractivity contribution in [3.05, 3.63) is 28.6 Å². The number of rotatable bonds is 3. The number of terminal acetylenes is 1. The maximum Gasteiger partial charge on any atom is 0.266 e. The Balaban J connectivity index is 2.07. The molecule has 1 saturated heterocycles. The SMILES string of the molecule is C#CCn1c(=NC(=O)C2CCCN2S(C)(=O)=O)sc2cc(C)ccc21. The van der Waals surface area contributed by atoms with Gasteiger partial charge in [0.25, 0.3) is 5.91 Å². The maximum atomic E-state index is 12.6. The number of carbonyl (C=O) groups excluding carboxylic acids is 1. The molecule has 25 heavy (non-hydrogen) atoms. The van der Waals surface area contributed by atoms with Gasteiger partial charge in [0.15, 0.2) is 4.80 Å². The molecule has 6 nitrogen and oxygen atoms in total. The van der Waals surface area contributed by atoms with E-state index in [2.05, 4.69) is 10.9 Å². The Hall–Kier alpha value is -1.95. The molecule has 0 saturated carbocycles. The number of aromatic nitrogens is 1. The number of hydrogen-bond acceptors (Lipinski definition) is 4. The molecule has 1 amide bonds. The minimum absolute atomic E-state index is 0.301. The van der Waals surface area contributed by atoms with Crippen molar-refractivity contribution in [2.45, 2.75) is 32.4 Å². The summed E-state index contributed by atoms with van der Waals surface area (Å²) in [4.78, 5) is 17.4. The first-order chi connectivity index (χ1) is 11.8. The quantitative estimate of drug-likeness (QED) is 0.761. The number of hydrogen-bond donors (Lipinski definition) is 0. The highest BCUT2D eigenvalue weighted by Gasteiger charge is 2.36. The minimum Gasteiger partial charge on any atom is -0.305 e. The number of nitrogens with zero attached hydrogens (tertiary/aromatic N) is 3. The Labute approximate surface area is 150 Å². The van der Waals surface area contributed by atoms with E-state index in [-0.39, 0.29) is 0 Å². The van der Waals surface area contributed by atoms with Crippen molar-refractivity contribution in [2.75, 3.05) is 12.8 Å². The average molecular weight is 377 g/mol. The number of aryl methyl sites for hydroxylation is 1. The van der Waals surface area contributed by atoms with Gasteiger partial charge in [-0.15, -0.1) is 6.42 Å². The molecular weight excluding hydrogens is 358 g/mol. The Morgan fingerprint density at radius 1 is 1.48 bits per heavy atom. The number of fused-ring (bicyclic) bond motifs is 1. The number of thiazole rings is 1. The first-order valence-electron chi connectivity index (χ1n) is 7.90. The van der Waals surface area contributed by atoms with Crippen LogP contribution in [0, 0.1) is 19.3 Å². The van der Waals surface area contributed by atoms with Crippen LogP contribution in [0.4, 0.5) is 0 Å². The molecule has 1 fully saturated rings. The molecule has 0 bridgehead atoms. The van der Waals surface area contributed by atoms with Crippen LogP contribution < -0.4 is 4.80 Å². The highest BCUT2D eigenvalue weighted by Crippen LogP contribution is 2.22. The van der Waals surface area contributed by atoms with E-state index in [4.69, 9.17) is 6.42 Å². The molecular formula is C17H19N3O3S2. The average Bonchev–Trinajstić information content (AvgIpc) is 3.13. The largest absolute Gasteiger partial charge is 0.305 e. The first kappa shape index (κ1) is 17.9. The van der Waals surface area contributed by atoms with Gasteiger partial charge in [-0.3, -0.25) is 4.79 Å². The molecule has 3 rings (SSSR count). The molecule has 2 heterocycles. The number of benzene rings is 1. The predicted octanol–water partition coefficient (Wildman–Crippen LogP) is 1.50. The van der Waals surface area contributed by atoms with Crippen LogP contribution in [0.1, 0.15) is 18.4 Å². The lowest BCUT2D eigenvalue weighted by atomic mass is 10.2. The molecule has 0 aliphatic carbocycles. The van der Waals surface area contributed by atoms with E-state index in [1.54, 1.807) is 0 Å². The number of amides is 1. The van der Waals surface area contributed by atoms with Crippen LogP contribution >= 0.6 is 11.3 Å². The van der Waals surface area contributed by atoms with E-state index in [9.17, 15) is 13.2 Å². The molecule has 0 spiro atoms. The Morgan fingerprint density at radius 3 is 2.92 bits per heavy atom. The summed E-state index contributed by atoms with van der Waals surface area (Å²) in [6.07, 6.45) is 7.74. The third-order valence-corrected chi connectivity index (χ3v) is 6.54. The summed E-state index contributed by atoms with van der Waals surface area (Å²) < 4.78 is 27.8. The van der Waals surface area contributed by atoms with Gasteiger partial charge in [0.1, 0.15) is 6.04 Å². The van der Waals surface area contributed by atoms with Crippen LogP contribution in [0.2, 0.25) is 0 Å². The van der Waals surface area contributed by atoms with E-state index in [1.807, 2.05) is 29.7 Å². The third kappa shape index (κ3) is 3.54. The zero-order chi connectivity index (χ0) is 18.2. The molecule has 8 heteroatoms. The van der Waals surface area contributed by atoms with Crippen LogP contribution in [-0.4, -0.2) is 42.0 Å². The van der Waals surface area contributed by atoms with Gasteiger partial charge in [-0.2, -0.15) is 9.30 Å². The second kappa shape index (κ2) is 6.75. The van der Waals surface area contributed by atoms with Gasteiger partial charge < -0.3 is 4.57 Å². The van der Waals surface area contributed by atoms with Gasteiger partial charge in [0.05, 0.1) is 23.0 Å². The molecule has 132 valence electrons. The fraction of sp³-hybridized carbons (Fsp3) is 0.412. The van der Waals surface area contributed by atoms with Crippen LogP contribution in [0.15, 0.2) is 23.2 Å². The topological polar surface area (TPSA) is 71.7 Å². The van der Waals surface area contributed by atoms with Crippen LogP contribution in [0.3, 0.4) is 0 Å². The van der Waals surface area contributed by atoms with Crippen molar-refractivity contribution in [1.29, 1.82) is 0 Å². The van der Waals surface area contributed by atoms with E-state index in [0.29, 0.717) is 30.7 Å². The van der Waals surface area contributed by atoms with Crippen molar-refractivity contribution in [1.82, 2.24) is 8.87 Å². The van der Waals surface area contributed by atoms with Crippen molar-refractivity contribution in [2.24, 2.45) is 4.99 Å². The molecule has 1 aliphatic rings. The molecule has 1 aromatic carbocycles. The first-order valence-corrected chi connectivity index (χ1v) is 10.6. The van der Waals surface area contributed by atoms with Crippen molar-refractivity contribution in [3.8, 4) is 12.3 Å². The van der Waals surface area contributed by atoms with Crippen LogP contribution in [0.5, 0.6) is 0 Å². The Morgan fingerprint density at radius 2 is 2.24 bits per heavy atom. The van der Waals surface area contributed by atoms with E-state index in [1.165, 1.54) is 15.6 Å². The van der Waals surface area contributed by atoms with Crippen LogP contribution in [0.25, 0.3) is 10.2 Å². The molecule has 1 unspecified atom stereocenters. The lowest BCUT2D eigenvalue weighted by Gasteiger charge is -2.18. The van der Waals surface area contributed by atoms with Gasteiger partial charge in [0.2, 0.25) is 10.0 Å². The van der Waals surface area contributed by atoms with Crippen molar-refractivity contribution >= 4 is 37.5 Å². The summed E-state index contributed by atoms with van der Waals surface area (Å²) in [5, 5.41) is 0. The van der Waals surface area contributed by atoms with Gasteiger partial charge in [-0.25, -0.2) is 8.42 Å². The molecule has 2 aromatic rings. The van der Waals surface area contributed by atoms with Crippen LogP contribution in [-0.2, 0) is 21.4 Å². The summed E-state index contributed by atoms with van der Waals surface area (Å²) in [6.45, 7) is 2.66. The van der Waals surface area contributed by atoms with Gasteiger partial charge in [-0.05, 0) is 37.5 Å². The smallest absolute Gasteiger partial charge is 0.266 e. The second-order valence-corrected chi connectivity index (χ2v) is 9.07. The number of sulfonamides is 1. The highest BCUT2D eigenvalue weighted by molar-refractivity contribution is 7.88. The lowest BCUT2D eigenvalue weighted by Crippen LogP contribution is -2.39. The summed E-state index contributed by atoms with van der Waals surface area (Å²) in [5.74, 6) is 2.15. The molecule has 1 aromatic heterocycles. The summed E-state index contributed by atoms with van der Waals surface area (Å²) in [7, 11) is -3.42. The molecule has 0 N–H and O–H groups in total. The fourth-order valence-corrected chi connectivity index (χ4v) is 5.31. The third-order valence-electron chi connectivity index (χ3n) is 4.21.